The lowest BCUT2D eigenvalue weighted by Crippen LogP contribution is -2.25. The van der Waals surface area contributed by atoms with Crippen LogP contribution in [0.4, 0.5) is 27.5 Å². The fourth-order valence-electron chi connectivity index (χ4n) is 4.40. The Balaban J connectivity index is 1.69. The van der Waals surface area contributed by atoms with Crippen molar-refractivity contribution in [3.05, 3.63) is 47.5 Å². The summed E-state index contributed by atoms with van der Waals surface area (Å²) in [6, 6.07) is 11.6. The summed E-state index contributed by atoms with van der Waals surface area (Å²) < 4.78 is 47.2. The largest absolute Gasteiger partial charge is 0.463 e. The number of hydrogen-bond donors (Lipinski definition) is 2. The molecule has 2 N–H and O–H groups in total. The van der Waals surface area contributed by atoms with Gasteiger partial charge < -0.3 is 24.6 Å². The summed E-state index contributed by atoms with van der Waals surface area (Å²) in [5.41, 5.74) is 5.36. The van der Waals surface area contributed by atoms with Gasteiger partial charge in [0.1, 0.15) is 24.8 Å². The topological polar surface area (TPSA) is 134 Å². The van der Waals surface area contributed by atoms with E-state index in [2.05, 4.69) is 54.2 Å². The van der Waals surface area contributed by atoms with Crippen molar-refractivity contribution >= 4 is 55.4 Å². The van der Waals surface area contributed by atoms with Crippen molar-refractivity contribution in [2.75, 3.05) is 83.0 Å². The Hall–Kier alpha value is -3.32. The molecular formula is C30H46N4O7S2. The van der Waals surface area contributed by atoms with Crippen LogP contribution in [0.3, 0.4) is 0 Å². The fourth-order valence-corrected chi connectivity index (χ4v) is 7.55. The maximum Gasteiger partial charge on any atom is 0.411 e. The number of rotatable bonds is 18. The van der Waals surface area contributed by atoms with Crippen LogP contribution in [0.25, 0.3) is 0 Å². The van der Waals surface area contributed by atoms with Crippen LogP contribution in [0, 0.1) is 13.8 Å². The molecule has 0 fully saturated rings. The van der Waals surface area contributed by atoms with Gasteiger partial charge in [-0.25, -0.2) is 13.2 Å². The average Bonchev–Trinajstić information content (AvgIpc) is 2.95. The first-order chi connectivity index (χ1) is 20.4. The number of hydrogen-bond acceptors (Lipinski definition) is 10. The molecule has 240 valence electrons. The van der Waals surface area contributed by atoms with E-state index in [0.717, 1.165) is 54.4 Å². The van der Waals surface area contributed by atoms with Gasteiger partial charge in [-0.3, -0.25) is 14.3 Å². The van der Waals surface area contributed by atoms with Gasteiger partial charge in [0.25, 0.3) is 0 Å². The molecule has 11 nitrogen and oxygen atoms in total. The number of carbonyl (C=O) groups excluding carboxylic acids is 2. The van der Waals surface area contributed by atoms with Crippen LogP contribution in [0.1, 0.15) is 38.8 Å². The Morgan fingerprint density at radius 1 is 0.814 bits per heavy atom. The summed E-state index contributed by atoms with van der Waals surface area (Å²) in [5.74, 6) is -1.13. The predicted octanol–water partition coefficient (Wildman–Crippen LogP) is 4.32. The van der Waals surface area contributed by atoms with Crippen molar-refractivity contribution in [1.29, 1.82) is 0 Å². The molecule has 13 heteroatoms. The van der Waals surface area contributed by atoms with E-state index in [1.54, 1.807) is 6.07 Å². The van der Waals surface area contributed by atoms with Crippen LogP contribution in [0.15, 0.2) is 36.4 Å². The predicted molar refractivity (Wildman–Crippen MR) is 176 cm³/mol. The van der Waals surface area contributed by atoms with E-state index in [-0.39, 0.29) is 25.5 Å². The van der Waals surface area contributed by atoms with Crippen LogP contribution in [-0.4, -0.2) is 87.2 Å². The molecule has 43 heavy (non-hydrogen) atoms. The zero-order valence-electron chi connectivity index (χ0n) is 26.1. The Kier molecular flexibility index (Phi) is 14.8. The molecule has 0 bridgehead atoms. The number of ether oxygens (including phenoxy) is 2. The highest BCUT2D eigenvalue weighted by atomic mass is 32.3. The Morgan fingerprint density at radius 3 is 1.86 bits per heavy atom. The Morgan fingerprint density at radius 2 is 1.35 bits per heavy atom. The van der Waals surface area contributed by atoms with Gasteiger partial charge in [0.15, 0.2) is 9.84 Å². The van der Waals surface area contributed by atoms with Crippen LogP contribution in [-0.2, 0) is 34.9 Å². The van der Waals surface area contributed by atoms with Gasteiger partial charge in [0.2, 0.25) is 0 Å². The van der Waals surface area contributed by atoms with Crippen molar-refractivity contribution in [2.45, 2.75) is 41.5 Å². The molecule has 0 saturated heterocycles. The monoisotopic (exact) mass is 638 g/mol. The first kappa shape index (κ1) is 35.9. The molecule has 2 rings (SSSR count). The molecule has 0 aliphatic carbocycles. The molecule has 1 atom stereocenters. The minimum absolute atomic E-state index is 0.0740. The maximum atomic E-state index is 12.4. The number of benzene rings is 2. The number of nitrogens with one attached hydrogen (secondary N) is 2. The van der Waals surface area contributed by atoms with Crippen LogP contribution >= 0.6 is 0 Å². The molecule has 0 spiro atoms. The van der Waals surface area contributed by atoms with E-state index >= 15 is 0 Å². The van der Waals surface area contributed by atoms with Crippen molar-refractivity contribution in [3.63, 3.8) is 0 Å². The summed E-state index contributed by atoms with van der Waals surface area (Å²) >= 11 is 0. The van der Waals surface area contributed by atoms with Crippen molar-refractivity contribution in [3.8, 4) is 0 Å². The molecular weight excluding hydrogens is 592 g/mol. The van der Waals surface area contributed by atoms with Crippen LogP contribution < -0.4 is 20.4 Å². The SMILES string of the molecule is CCN(CC)c1ccc(NCC(=O)OCCS(=O)CS(=O)(=O)CCOC(=O)Nc2ccc(N(CC)CC)cc2C)c(C)c1. The normalized spacial score (nSPS) is 11.9. The third-order valence-electron chi connectivity index (χ3n) is 6.85. The molecule has 0 aromatic heterocycles. The smallest absolute Gasteiger partial charge is 0.411 e. The highest BCUT2D eigenvalue weighted by Gasteiger charge is 2.18. The summed E-state index contributed by atoms with van der Waals surface area (Å²) in [4.78, 5) is 28.7. The van der Waals surface area contributed by atoms with Gasteiger partial charge in [0, 0.05) is 59.7 Å². The van der Waals surface area contributed by atoms with Crippen molar-refractivity contribution in [2.24, 2.45) is 0 Å². The van der Waals surface area contributed by atoms with Crippen molar-refractivity contribution < 1.29 is 31.7 Å². The van der Waals surface area contributed by atoms with Crippen molar-refractivity contribution in [1.82, 2.24) is 0 Å². The van der Waals surface area contributed by atoms with Gasteiger partial charge in [-0.2, -0.15) is 0 Å². The van der Waals surface area contributed by atoms with Crippen LogP contribution in [0.2, 0.25) is 0 Å². The highest BCUT2D eigenvalue weighted by molar-refractivity contribution is 8.05. The second-order valence-corrected chi connectivity index (χ2v) is 14.0. The van der Waals surface area contributed by atoms with E-state index in [4.69, 9.17) is 9.47 Å². The first-order valence-electron chi connectivity index (χ1n) is 14.5. The molecule has 2 aromatic carbocycles. The number of esters is 1. The summed E-state index contributed by atoms with van der Waals surface area (Å²) in [5, 5.41) is 5.05. The van der Waals surface area contributed by atoms with Gasteiger partial charge >= 0.3 is 12.1 Å². The van der Waals surface area contributed by atoms with E-state index in [1.165, 1.54) is 0 Å². The average molecular weight is 639 g/mol. The van der Waals surface area contributed by atoms with Gasteiger partial charge in [-0.05, 0) is 89.1 Å². The van der Waals surface area contributed by atoms with E-state index in [9.17, 15) is 22.2 Å². The van der Waals surface area contributed by atoms with Gasteiger partial charge in [-0.15, -0.1) is 0 Å². The first-order valence-corrected chi connectivity index (χ1v) is 17.8. The van der Waals surface area contributed by atoms with Crippen LogP contribution in [0.5, 0.6) is 0 Å². The van der Waals surface area contributed by atoms with Gasteiger partial charge in [-0.1, -0.05) is 0 Å². The summed E-state index contributed by atoms with van der Waals surface area (Å²) in [7, 11) is -5.53. The third-order valence-corrected chi connectivity index (χ3v) is 10.7. The van der Waals surface area contributed by atoms with E-state index in [1.807, 2.05) is 38.1 Å². The zero-order chi connectivity index (χ0) is 32.0. The molecule has 1 amide bonds. The minimum Gasteiger partial charge on any atom is -0.463 e. The number of amides is 1. The number of nitrogens with zero attached hydrogens (tertiary/aromatic N) is 2. The van der Waals surface area contributed by atoms with E-state index in [0.29, 0.717) is 5.69 Å². The standard InChI is InChI=1S/C30H46N4O7S2/c1-7-33(8-2)25-11-13-27(23(5)19-25)31-21-29(35)40-15-17-42(37)22-43(38,39)18-16-41-30(36)32-28-14-12-26(20-24(28)6)34(9-3)10-4/h11-14,19-20,31H,7-10,15-18,21-22H2,1-6H3,(H,32,36). The summed E-state index contributed by atoms with van der Waals surface area (Å²) in [6.07, 6.45) is -0.773. The maximum absolute atomic E-state index is 12.4. The summed E-state index contributed by atoms with van der Waals surface area (Å²) in [6.45, 7) is 15.0. The molecule has 0 heterocycles. The third kappa shape index (κ3) is 12.1. The van der Waals surface area contributed by atoms with Gasteiger partial charge in [0.05, 0.1) is 11.5 Å². The van der Waals surface area contributed by atoms with E-state index < -0.39 is 43.5 Å². The molecule has 0 aliphatic heterocycles. The Bertz CT molecular complexity index is 1340. The minimum atomic E-state index is -3.76. The highest BCUT2D eigenvalue weighted by Crippen LogP contribution is 2.23. The second kappa shape index (κ2) is 17.7. The number of aryl methyl sites for hydroxylation is 2. The Labute approximate surface area is 258 Å². The molecule has 0 aliphatic rings. The molecule has 0 saturated carbocycles. The fraction of sp³-hybridized carbons (Fsp3) is 0.533. The molecule has 1 unspecified atom stereocenters. The number of sulfone groups is 1. The zero-order valence-corrected chi connectivity index (χ0v) is 27.7. The number of carbonyl (C=O) groups is 2. The molecule has 0 radical (unpaired) electrons. The quantitative estimate of drug-likeness (QED) is 0.227. The lowest BCUT2D eigenvalue weighted by atomic mass is 10.1. The number of anilines is 4. The second-order valence-electron chi connectivity index (χ2n) is 9.89. The lowest BCUT2D eigenvalue weighted by molar-refractivity contribution is -0.140. The molecule has 2 aromatic rings. The lowest BCUT2D eigenvalue weighted by Gasteiger charge is -2.22.